The maximum Gasteiger partial charge on any atom is 0.254 e. The van der Waals surface area contributed by atoms with Gasteiger partial charge in [-0.2, -0.15) is 0 Å². The van der Waals surface area contributed by atoms with Crippen LogP contribution in [0.4, 0.5) is 0 Å². The maximum absolute atomic E-state index is 12.9. The molecule has 1 aliphatic heterocycles. The highest BCUT2D eigenvalue weighted by atomic mass is 16.5. The molecule has 1 saturated heterocycles. The van der Waals surface area contributed by atoms with E-state index in [-0.39, 0.29) is 30.6 Å². The number of hydrogen-bond donors (Lipinski definition) is 1. The van der Waals surface area contributed by atoms with Crippen LogP contribution in [-0.4, -0.2) is 52.8 Å². The minimum atomic E-state index is 0.0241. The van der Waals surface area contributed by atoms with Crippen LogP contribution in [-0.2, 0) is 4.74 Å². The number of aromatic nitrogens is 1. The average Bonchev–Trinajstić information content (AvgIpc) is 3.30. The molecule has 1 aliphatic carbocycles. The lowest BCUT2D eigenvalue weighted by Crippen LogP contribution is -2.51. The fourth-order valence-corrected chi connectivity index (χ4v) is 3.75. The van der Waals surface area contributed by atoms with Crippen molar-refractivity contribution >= 4 is 5.91 Å². The fourth-order valence-electron chi connectivity index (χ4n) is 3.75. The van der Waals surface area contributed by atoms with Gasteiger partial charge in [0.25, 0.3) is 5.91 Å². The van der Waals surface area contributed by atoms with E-state index in [0.717, 1.165) is 18.4 Å². The summed E-state index contributed by atoms with van der Waals surface area (Å²) in [4.78, 5) is 18.7. The van der Waals surface area contributed by atoms with Crippen molar-refractivity contribution in [2.75, 3.05) is 19.8 Å². The molecular weight excluding hydrogens is 308 g/mol. The second kappa shape index (κ2) is 6.37. The van der Waals surface area contributed by atoms with E-state index in [1.165, 1.54) is 6.39 Å². The topological polar surface area (TPSA) is 75.8 Å². The highest BCUT2D eigenvalue weighted by Crippen LogP contribution is 2.34. The van der Waals surface area contributed by atoms with E-state index in [9.17, 15) is 9.90 Å². The lowest BCUT2D eigenvalue weighted by molar-refractivity contribution is -0.0448. The normalized spacial score (nSPS) is 26.4. The van der Waals surface area contributed by atoms with Crippen LogP contribution in [0.25, 0.3) is 11.3 Å². The standard InChI is InChI=1S/C18H20N2O4/c21-10-12-7-15-16(8-12)23-6-5-20(15)18(22)14-3-1-13(2-4-14)17-9-19-11-24-17/h1-4,9,11-12,15-16,21H,5-8,10H2/t12-,15+,16?/m1/s1. The zero-order valence-electron chi connectivity index (χ0n) is 13.3. The van der Waals surface area contributed by atoms with Gasteiger partial charge >= 0.3 is 0 Å². The molecule has 1 aromatic carbocycles. The van der Waals surface area contributed by atoms with E-state index in [1.807, 2.05) is 29.2 Å². The summed E-state index contributed by atoms with van der Waals surface area (Å²) in [6, 6.07) is 7.46. The molecule has 1 saturated carbocycles. The van der Waals surface area contributed by atoms with Gasteiger partial charge in [0.1, 0.15) is 0 Å². The second-order valence-corrected chi connectivity index (χ2v) is 6.44. The second-order valence-electron chi connectivity index (χ2n) is 6.44. The highest BCUT2D eigenvalue weighted by molar-refractivity contribution is 5.95. The fraction of sp³-hybridized carbons (Fsp3) is 0.444. The predicted molar refractivity (Wildman–Crippen MR) is 86.3 cm³/mol. The molecule has 6 nitrogen and oxygen atoms in total. The summed E-state index contributed by atoms with van der Waals surface area (Å²) in [5.74, 6) is 0.931. The van der Waals surface area contributed by atoms with Gasteiger partial charge in [-0.05, 0) is 30.9 Å². The van der Waals surface area contributed by atoms with Gasteiger partial charge in [-0.1, -0.05) is 12.1 Å². The van der Waals surface area contributed by atoms with Crippen LogP contribution in [0.2, 0.25) is 0 Å². The monoisotopic (exact) mass is 328 g/mol. The van der Waals surface area contributed by atoms with Crippen LogP contribution in [0.1, 0.15) is 23.2 Å². The van der Waals surface area contributed by atoms with Gasteiger partial charge in [-0.3, -0.25) is 4.79 Å². The molecule has 2 aromatic rings. The van der Waals surface area contributed by atoms with Gasteiger partial charge in [0, 0.05) is 24.3 Å². The Balaban J connectivity index is 1.52. The number of rotatable bonds is 3. The van der Waals surface area contributed by atoms with Crippen molar-refractivity contribution in [1.82, 2.24) is 9.88 Å². The summed E-state index contributed by atoms with van der Waals surface area (Å²) in [5, 5.41) is 9.40. The lowest BCUT2D eigenvalue weighted by Gasteiger charge is -2.37. The quantitative estimate of drug-likeness (QED) is 0.932. The van der Waals surface area contributed by atoms with Crippen LogP contribution in [0, 0.1) is 5.92 Å². The molecule has 1 aromatic heterocycles. The molecule has 1 amide bonds. The van der Waals surface area contributed by atoms with Crippen LogP contribution in [0.5, 0.6) is 0 Å². The molecule has 0 radical (unpaired) electrons. The number of ether oxygens (including phenoxy) is 1. The zero-order chi connectivity index (χ0) is 16.5. The number of carbonyl (C=O) groups excluding carboxylic acids is 1. The van der Waals surface area contributed by atoms with Crippen LogP contribution in [0.15, 0.2) is 41.3 Å². The minimum Gasteiger partial charge on any atom is -0.444 e. The number of oxazole rings is 1. The van der Waals surface area contributed by atoms with Crippen LogP contribution in [0.3, 0.4) is 0 Å². The molecule has 1 unspecified atom stereocenters. The average molecular weight is 328 g/mol. The van der Waals surface area contributed by atoms with Gasteiger partial charge in [0.05, 0.1) is 24.9 Å². The lowest BCUT2D eigenvalue weighted by atomic mass is 10.1. The Labute approximate surface area is 140 Å². The number of hydrogen-bond acceptors (Lipinski definition) is 5. The van der Waals surface area contributed by atoms with Crippen molar-refractivity contribution in [1.29, 1.82) is 0 Å². The van der Waals surface area contributed by atoms with Gasteiger partial charge in [-0.25, -0.2) is 4.98 Å². The SMILES string of the molecule is O=C(c1ccc(-c2cnco2)cc1)N1CCOC2C[C@H](CO)C[C@@H]21. The van der Waals surface area contributed by atoms with Crippen molar-refractivity contribution in [3.63, 3.8) is 0 Å². The Morgan fingerprint density at radius 3 is 2.83 bits per heavy atom. The van der Waals surface area contributed by atoms with Gasteiger partial charge in [-0.15, -0.1) is 0 Å². The molecule has 3 atom stereocenters. The number of amides is 1. The van der Waals surface area contributed by atoms with E-state index in [0.29, 0.717) is 24.5 Å². The van der Waals surface area contributed by atoms with E-state index >= 15 is 0 Å². The Hall–Kier alpha value is -2.18. The first-order chi connectivity index (χ1) is 11.8. The van der Waals surface area contributed by atoms with Crippen molar-refractivity contribution in [2.24, 2.45) is 5.92 Å². The summed E-state index contributed by atoms with van der Waals surface area (Å²) in [6.45, 7) is 1.31. The van der Waals surface area contributed by atoms with Crippen LogP contribution >= 0.6 is 0 Å². The molecule has 2 aliphatic rings. The number of aliphatic hydroxyl groups excluding tert-OH is 1. The number of nitrogens with zero attached hydrogens (tertiary/aromatic N) is 2. The maximum atomic E-state index is 12.9. The number of benzene rings is 1. The molecular formula is C18H20N2O4. The smallest absolute Gasteiger partial charge is 0.254 e. The Bertz CT molecular complexity index is 698. The van der Waals surface area contributed by atoms with E-state index in [4.69, 9.17) is 9.15 Å². The van der Waals surface area contributed by atoms with E-state index in [1.54, 1.807) is 6.20 Å². The Morgan fingerprint density at radius 2 is 2.12 bits per heavy atom. The van der Waals surface area contributed by atoms with Crippen LogP contribution < -0.4 is 0 Å². The number of aliphatic hydroxyl groups is 1. The van der Waals surface area contributed by atoms with Crippen molar-refractivity contribution in [3.8, 4) is 11.3 Å². The van der Waals surface area contributed by atoms with Crippen molar-refractivity contribution in [3.05, 3.63) is 42.4 Å². The van der Waals surface area contributed by atoms with Gasteiger partial charge in [0.15, 0.2) is 12.2 Å². The summed E-state index contributed by atoms with van der Waals surface area (Å²) in [6.07, 6.45) is 4.73. The Kier molecular flexibility index (Phi) is 4.08. The number of morpholine rings is 1. The predicted octanol–water partition coefficient (Wildman–Crippen LogP) is 1.95. The third-order valence-corrected chi connectivity index (χ3v) is 5.00. The molecule has 2 heterocycles. The van der Waals surface area contributed by atoms with Crippen molar-refractivity contribution < 1.29 is 19.1 Å². The molecule has 24 heavy (non-hydrogen) atoms. The molecule has 0 spiro atoms. The number of fused-ring (bicyclic) bond motifs is 1. The molecule has 2 fully saturated rings. The first-order valence-corrected chi connectivity index (χ1v) is 8.28. The summed E-state index contributed by atoms with van der Waals surface area (Å²) < 4.78 is 11.1. The molecule has 4 rings (SSSR count). The Morgan fingerprint density at radius 1 is 1.29 bits per heavy atom. The van der Waals surface area contributed by atoms with E-state index < -0.39 is 0 Å². The molecule has 1 N–H and O–H groups in total. The first-order valence-electron chi connectivity index (χ1n) is 8.28. The first kappa shape index (κ1) is 15.4. The van der Waals surface area contributed by atoms with E-state index in [2.05, 4.69) is 4.98 Å². The molecule has 0 bridgehead atoms. The number of carbonyl (C=O) groups is 1. The summed E-state index contributed by atoms with van der Waals surface area (Å²) in [7, 11) is 0. The van der Waals surface area contributed by atoms with Crippen molar-refractivity contribution in [2.45, 2.75) is 25.0 Å². The zero-order valence-corrected chi connectivity index (χ0v) is 13.3. The highest BCUT2D eigenvalue weighted by Gasteiger charge is 2.42. The largest absolute Gasteiger partial charge is 0.444 e. The minimum absolute atomic E-state index is 0.0241. The molecule has 6 heteroatoms. The summed E-state index contributed by atoms with van der Waals surface area (Å²) in [5.41, 5.74) is 1.55. The van der Waals surface area contributed by atoms with Gasteiger partial charge < -0.3 is 19.2 Å². The third kappa shape index (κ3) is 2.72. The summed E-state index contributed by atoms with van der Waals surface area (Å²) >= 11 is 0. The third-order valence-electron chi connectivity index (χ3n) is 5.00. The van der Waals surface area contributed by atoms with Gasteiger partial charge in [0.2, 0.25) is 0 Å². The molecule has 126 valence electrons.